The average molecular weight is 277 g/mol. The topological polar surface area (TPSA) is 36.4 Å². The van der Waals surface area contributed by atoms with Gasteiger partial charge >= 0.3 is 0 Å². The summed E-state index contributed by atoms with van der Waals surface area (Å²) in [4.78, 5) is 20.6. The first-order valence-electron chi connectivity index (χ1n) is 6.51. The van der Waals surface area contributed by atoms with Gasteiger partial charge < -0.3 is 9.80 Å². The van der Waals surface area contributed by atoms with Gasteiger partial charge in [0.2, 0.25) is 5.91 Å². The van der Waals surface area contributed by atoms with Gasteiger partial charge in [0.25, 0.3) is 0 Å². The molecule has 0 saturated carbocycles. The summed E-state index contributed by atoms with van der Waals surface area (Å²) in [5.74, 6) is 0.144. The van der Waals surface area contributed by atoms with Gasteiger partial charge in [-0.1, -0.05) is 12.2 Å². The van der Waals surface area contributed by atoms with Crippen molar-refractivity contribution in [1.29, 1.82) is 0 Å². The number of piperazine rings is 1. The summed E-state index contributed by atoms with van der Waals surface area (Å²) in [5, 5.41) is 0. The predicted octanol–water partition coefficient (Wildman–Crippen LogP) is 1.42. The molecule has 0 radical (unpaired) electrons. The highest BCUT2D eigenvalue weighted by atomic mass is 32.1. The van der Waals surface area contributed by atoms with Crippen molar-refractivity contribution in [2.24, 2.45) is 0 Å². The number of amides is 1. The van der Waals surface area contributed by atoms with E-state index in [2.05, 4.69) is 22.9 Å². The molecule has 1 aromatic heterocycles. The van der Waals surface area contributed by atoms with E-state index in [1.807, 2.05) is 17.2 Å². The van der Waals surface area contributed by atoms with Gasteiger partial charge in [0.1, 0.15) is 0 Å². The highest BCUT2D eigenvalue weighted by molar-refractivity contribution is 7.80. The minimum atomic E-state index is 0.144. The molecule has 0 aromatic carbocycles. The Bertz CT molecular complexity index is 481. The smallest absolute Gasteiger partial charge is 0.219 e. The van der Waals surface area contributed by atoms with Gasteiger partial charge in [0.15, 0.2) is 0 Å². The Hall–Kier alpha value is -1.49. The average Bonchev–Trinajstić information content (AvgIpc) is 2.39. The van der Waals surface area contributed by atoms with Crippen LogP contribution >= 0.6 is 12.2 Å². The van der Waals surface area contributed by atoms with Crippen LogP contribution in [0.15, 0.2) is 18.3 Å². The molecule has 102 valence electrons. The molecular formula is C14H19N3OS. The summed E-state index contributed by atoms with van der Waals surface area (Å²) >= 11 is 5.49. The Morgan fingerprint density at radius 2 is 1.95 bits per heavy atom. The third-order valence-electron chi connectivity index (χ3n) is 3.38. The van der Waals surface area contributed by atoms with Crippen LogP contribution in [0.4, 0.5) is 0 Å². The highest BCUT2D eigenvalue weighted by Gasteiger charge is 2.20. The molecule has 2 rings (SSSR count). The van der Waals surface area contributed by atoms with E-state index in [0.717, 1.165) is 36.9 Å². The third kappa shape index (κ3) is 3.73. The fourth-order valence-corrected chi connectivity index (χ4v) is 2.56. The van der Waals surface area contributed by atoms with Crippen LogP contribution in [0.3, 0.4) is 0 Å². The molecule has 5 heteroatoms. The Labute approximate surface area is 119 Å². The standard InChI is InChI=1S/C14H19N3OS/c1-11-3-4-15-13(9-11)10-14(19)17-7-5-16(6-8-17)12(2)18/h3-4,9H,5-8,10H2,1-2H3. The molecule has 0 spiro atoms. The number of rotatable bonds is 2. The molecule has 0 unspecified atom stereocenters. The number of carbonyl (C=O) groups excluding carboxylic acids is 1. The number of pyridine rings is 1. The number of aromatic nitrogens is 1. The van der Waals surface area contributed by atoms with E-state index in [9.17, 15) is 4.79 Å². The zero-order valence-corrected chi connectivity index (χ0v) is 12.2. The number of hydrogen-bond acceptors (Lipinski definition) is 3. The minimum absolute atomic E-state index is 0.144. The predicted molar refractivity (Wildman–Crippen MR) is 79.1 cm³/mol. The van der Waals surface area contributed by atoms with Gasteiger partial charge in [0, 0.05) is 51.4 Å². The molecule has 19 heavy (non-hydrogen) atoms. The Morgan fingerprint density at radius 3 is 2.53 bits per heavy atom. The quantitative estimate of drug-likeness (QED) is 0.766. The Balaban J connectivity index is 1.90. The van der Waals surface area contributed by atoms with Crippen LogP contribution in [0.25, 0.3) is 0 Å². The lowest BCUT2D eigenvalue weighted by Crippen LogP contribution is -2.50. The van der Waals surface area contributed by atoms with Crippen molar-refractivity contribution < 1.29 is 4.79 Å². The SMILES string of the molecule is CC(=O)N1CCN(C(=S)Cc2cc(C)ccn2)CC1. The van der Waals surface area contributed by atoms with Crippen LogP contribution in [0.2, 0.25) is 0 Å². The van der Waals surface area contributed by atoms with Crippen LogP contribution < -0.4 is 0 Å². The van der Waals surface area contributed by atoms with Gasteiger partial charge in [-0.2, -0.15) is 0 Å². The zero-order chi connectivity index (χ0) is 13.8. The molecule has 0 atom stereocenters. The summed E-state index contributed by atoms with van der Waals surface area (Å²) in [7, 11) is 0. The maximum atomic E-state index is 11.3. The second-order valence-corrected chi connectivity index (χ2v) is 5.36. The first kappa shape index (κ1) is 13.9. The number of hydrogen-bond donors (Lipinski definition) is 0. The Kier molecular flexibility index (Phi) is 4.47. The summed E-state index contributed by atoms with van der Waals surface area (Å²) in [6.45, 7) is 6.84. The van der Waals surface area contributed by atoms with E-state index in [0.29, 0.717) is 6.42 Å². The van der Waals surface area contributed by atoms with Crippen LogP contribution in [-0.2, 0) is 11.2 Å². The van der Waals surface area contributed by atoms with Crippen LogP contribution in [-0.4, -0.2) is 51.9 Å². The van der Waals surface area contributed by atoms with E-state index < -0.39 is 0 Å². The number of nitrogens with zero attached hydrogens (tertiary/aromatic N) is 3. The third-order valence-corrected chi connectivity index (χ3v) is 3.78. The molecule has 0 aliphatic carbocycles. The van der Waals surface area contributed by atoms with Crippen molar-refractivity contribution in [2.45, 2.75) is 20.3 Å². The van der Waals surface area contributed by atoms with Crippen molar-refractivity contribution in [3.63, 3.8) is 0 Å². The maximum absolute atomic E-state index is 11.3. The van der Waals surface area contributed by atoms with Crippen molar-refractivity contribution >= 4 is 23.1 Å². The Morgan fingerprint density at radius 1 is 1.32 bits per heavy atom. The van der Waals surface area contributed by atoms with Crippen LogP contribution in [0, 0.1) is 6.92 Å². The molecule has 4 nitrogen and oxygen atoms in total. The minimum Gasteiger partial charge on any atom is -0.362 e. The normalized spacial score (nSPS) is 15.5. The van der Waals surface area contributed by atoms with E-state index in [4.69, 9.17) is 12.2 Å². The van der Waals surface area contributed by atoms with Gasteiger partial charge in [-0.05, 0) is 24.6 Å². The van der Waals surface area contributed by atoms with Gasteiger partial charge in [-0.3, -0.25) is 9.78 Å². The van der Waals surface area contributed by atoms with Gasteiger partial charge in [0.05, 0.1) is 4.99 Å². The van der Waals surface area contributed by atoms with E-state index in [-0.39, 0.29) is 5.91 Å². The second-order valence-electron chi connectivity index (χ2n) is 4.89. The number of aryl methyl sites for hydroxylation is 1. The molecule has 0 N–H and O–H groups in total. The van der Waals surface area contributed by atoms with E-state index >= 15 is 0 Å². The fraction of sp³-hybridized carbons (Fsp3) is 0.500. The fourth-order valence-electron chi connectivity index (χ4n) is 2.23. The summed E-state index contributed by atoms with van der Waals surface area (Å²) in [5.41, 5.74) is 2.22. The molecule has 1 aliphatic rings. The van der Waals surface area contributed by atoms with Crippen molar-refractivity contribution in [3.05, 3.63) is 29.6 Å². The van der Waals surface area contributed by atoms with E-state index in [1.165, 1.54) is 5.56 Å². The lowest BCUT2D eigenvalue weighted by Gasteiger charge is -2.35. The molecule has 1 aromatic rings. The van der Waals surface area contributed by atoms with Crippen molar-refractivity contribution in [3.8, 4) is 0 Å². The van der Waals surface area contributed by atoms with Crippen LogP contribution in [0.5, 0.6) is 0 Å². The maximum Gasteiger partial charge on any atom is 0.219 e. The molecular weight excluding hydrogens is 258 g/mol. The molecule has 1 aliphatic heterocycles. The zero-order valence-electron chi connectivity index (χ0n) is 11.4. The van der Waals surface area contributed by atoms with Crippen molar-refractivity contribution in [2.75, 3.05) is 26.2 Å². The summed E-state index contributed by atoms with van der Waals surface area (Å²) < 4.78 is 0. The van der Waals surface area contributed by atoms with Crippen LogP contribution in [0.1, 0.15) is 18.2 Å². The monoisotopic (exact) mass is 277 g/mol. The first-order valence-corrected chi connectivity index (χ1v) is 6.92. The van der Waals surface area contributed by atoms with E-state index in [1.54, 1.807) is 6.92 Å². The van der Waals surface area contributed by atoms with Crippen molar-refractivity contribution in [1.82, 2.24) is 14.8 Å². The molecule has 2 heterocycles. The number of carbonyl (C=O) groups is 1. The lowest BCUT2D eigenvalue weighted by molar-refractivity contribution is -0.130. The lowest BCUT2D eigenvalue weighted by atomic mass is 10.2. The van der Waals surface area contributed by atoms with Gasteiger partial charge in [-0.15, -0.1) is 0 Å². The molecule has 1 amide bonds. The first-order chi connectivity index (χ1) is 9.06. The number of thiocarbonyl (C=S) groups is 1. The molecule has 1 saturated heterocycles. The molecule has 0 bridgehead atoms. The second kappa shape index (κ2) is 6.10. The highest BCUT2D eigenvalue weighted by Crippen LogP contribution is 2.08. The summed E-state index contributed by atoms with van der Waals surface area (Å²) in [6.07, 6.45) is 2.53. The largest absolute Gasteiger partial charge is 0.362 e. The summed E-state index contributed by atoms with van der Waals surface area (Å²) in [6, 6.07) is 4.05. The molecule has 1 fully saturated rings. The van der Waals surface area contributed by atoms with Gasteiger partial charge in [-0.25, -0.2) is 0 Å².